The summed E-state index contributed by atoms with van der Waals surface area (Å²) in [4.78, 5) is 12.8. The minimum atomic E-state index is -0.372. The molecule has 0 fully saturated rings. The minimum absolute atomic E-state index is 0.111. The number of halogens is 1. The molecule has 4 aromatic rings. The van der Waals surface area contributed by atoms with Crippen LogP contribution >= 0.6 is 11.8 Å². The molecule has 0 aliphatic carbocycles. The summed E-state index contributed by atoms with van der Waals surface area (Å²) >= 11 is 1.38. The second-order valence-electron chi connectivity index (χ2n) is 7.31. The van der Waals surface area contributed by atoms with Crippen molar-refractivity contribution < 1.29 is 9.18 Å². The number of rotatable bonds is 6. The van der Waals surface area contributed by atoms with E-state index in [1.165, 1.54) is 23.9 Å². The Kier molecular flexibility index (Phi) is 6.28. The van der Waals surface area contributed by atoms with Crippen molar-refractivity contribution >= 4 is 28.4 Å². The molecule has 1 amide bonds. The van der Waals surface area contributed by atoms with Crippen LogP contribution in [0.3, 0.4) is 0 Å². The third-order valence-corrected chi connectivity index (χ3v) is 6.18. The van der Waals surface area contributed by atoms with Crippen molar-refractivity contribution in [3.05, 3.63) is 90.2 Å². The lowest BCUT2D eigenvalue weighted by Gasteiger charge is -2.18. The lowest BCUT2D eigenvalue weighted by atomic mass is 10.1. The van der Waals surface area contributed by atoms with Crippen molar-refractivity contribution in [2.24, 2.45) is 0 Å². The summed E-state index contributed by atoms with van der Waals surface area (Å²) in [6.07, 6.45) is 0. The van der Waals surface area contributed by atoms with Gasteiger partial charge in [0, 0.05) is 16.3 Å². The molecule has 6 heteroatoms. The van der Waals surface area contributed by atoms with Crippen LogP contribution in [0, 0.1) is 5.82 Å². The molecular formula is C25H22FN3OS. The number of nitrogens with zero attached hydrogens (tertiary/aromatic N) is 2. The van der Waals surface area contributed by atoms with Gasteiger partial charge in [0.25, 0.3) is 0 Å². The molecule has 1 heterocycles. The van der Waals surface area contributed by atoms with Gasteiger partial charge in [0.1, 0.15) is 16.5 Å². The minimum Gasteiger partial charge on any atom is -0.349 e. The van der Waals surface area contributed by atoms with Gasteiger partial charge < -0.3 is 5.32 Å². The first-order chi connectivity index (χ1) is 15.0. The van der Waals surface area contributed by atoms with Gasteiger partial charge in [0.05, 0.1) is 11.3 Å². The number of benzene rings is 3. The van der Waals surface area contributed by atoms with Crippen LogP contribution in [0.2, 0.25) is 0 Å². The average molecular weight is 432 g/mol. The molecule has 0 bridgehead atoms. The lowest BCUT2D eigenvalue weighted by molar-refractivity contribution is -0.120. The summed E-state index contributed by atoms with van der Waals surface area (Å²) in [6, 6.07) is 23.8. The van der Waals surface area contributed by atoms with E-state index in [-0.39, 0.29) is 23.0 Å². The van der Waals surface area contributed by atoms with Crippen molar-refractivity contribution in [1.29, 1.82) is 0 Å². The van der Waals surface area contributed by atoms with E-state index in [1.807, 2.05) is 68.4 Å². The molecule has 0 radical (unpaired) electrons. The van der Waals surface area contributed by atoms with Crippen molar-refractivity contribution in [3.8, 4) is 11.3 Å². The Morgan fingerprint density at radius 1 is 0.871 bits per heavy atom. The number of hydrogen-bond acceptors (Lipinski definition) is 4. The normalized spacial score (nSPS) is 13.0. The topological polar surface area (TPSA) is 54.9 Å². The van der Waals surface area contributed by atoms with Gasteiger partial charge in [0.2, 0.25) is 5.91 Å². The summed E-state index contributed by atoms with van der Waals surface area (Å²) in [5, 5.41) is 14.2. The molecule has 0 unspecified atom stereocenters. The Morgan fingerprint density at radius 2 is 1.52 bits per heavy atom. The highest BCUT2D eigenvalue weighted by Gasteiger charge is 2.20. The van der Waals surface area contributed by atoms with Gasteiger partial charge in [-0.2, -0.15) is 0 Å². The molecule has 1 aromatic heterocycles. The highest BCUT2D eigenvalue weighted by Crippen LogP contribution is 2.33. The van der Waals surface area contributed by atoms with Gasteiger partial charge in [-0.25, -0.2) is 4.39 Å². The summed E-state index contributed by atoms with van der Waals surface area (Å²) in [7, 11) is 0. The molecule has 1 N–H and O–H groups in total. The number of carbonyl (C=O) groups is 1. The largest absolute Gasteiger partial charge is 0.349 e. The van der Waals surface area contributed by atoms with E-state index < -0.39 is 0 Å². The smallest absolute Gasteiger partial charge is 0.233 e. The quantitative estimate of drug-likeness (QED) is 0.392. The van der Waals surface area contributed by atoms with Gasteiger partial charge in [-0.1, -0.05) is 78.5 Å². The number of carbonyl (C=O) groups excluding carboxylic acids is 1. The first-order valence-corrected chi connectivity index (χ1v) is 10.9. The van der Waals surface area contributed by atoms with Gasteiger partial charge in [-0.3, -0.25) is 4.79 Å². The predicted octanol–water partition coefficient (Wildman–Crippen LogP) is 5.79. The number of aromatic nitrogens is 2. The van der Waals surface area contributed by atoms with E-state index in [0.717, 1.165) is 27.6 Å². The molecule has 2 atom stereocenters. The van der Waals surface area contributed by atoms with Crippen LogP contribution in [-0.4, -0.2) is 21.4 Å². The molecule has 0 aliphatic rings. The Labute approximate surface area is 184 Å². The maximum absolute atomic E-state index is 13.1. The zero-order valence-corrected chi connectivity index (χ0v) is 18.1. The highest BCUT2D eigenvalue weighted by atomic mass is 32.2. The summed E-state index contributed by atoms with van der Waals surface area (Å²) in [5.74, 6) is -0.407. The third kappa shape index (κ3) is 4.75. The van der Waals surface area contributed by atoms with E-state index in [1.54, 1.807) is 12.1 Å². The SMILES string of the molecule is C[C@@H](Sc1nnc(-c2ccccc2)c2ccccc12)C(=O)N[C@H](C)c1ccc(F)cc1. The van der Waals surface area contributed by atoms with Crippen molar-refractivity contribution in [2.75, 3.05) is 0 Å². The van der Waals surface area contributed by atoms with Crippen LogP contribution in [0.25, 0.3) is 22.0 Å². The van der Waals surface area contributed by atoms with E-state index >= 15 is 0 Å². The van der Waals surface area contributed by atoms with Gasteiger partial charge in [0.15, 0.2) is 0 Å². The van der Waals surface area contributed by atoms with Crippen molar-refractivity contribution in [2.45, 2.75) is 30.2 Å². The van der Waals surface area contributed by atoms with Crippen LogP contribution < -0.4 is 5.32 Å². The molecule has 156 valence electrons. The number of hydrogen-bond donors (Lipinski definition) is 1. The summed E-state index contributed by atoms with van der Waals surface area (Å²) < 4.78 is 13.1. The third-order valence-electron chi connectivity index (χ3n) is 5.09. The summed E-state index contributed by atoms with van der Waals surface area (Å²) in [6.45, 7) is 3.73. The Bertz CT molecular complexity index is 1200. The van der Waals surface area contributed by atoms with Crippen LogP contribution in [0.1, 0.15) is 25.5 Å². The lowest BCUT2D eigenvalue weighted by Crippen LogP contribution is -2.33. The van der Waals surface area contributed by atoms with Crippen molar-refractivity contribution in [1.82, 2.24) is 15.5 Å². The Morgan fingerprint density at radius 3 is 2.23 bits per heavy atom. The predicted molar refractivity (Wildman–Crippen MR) is 123 cm³/mol. The van der Waals surface area contributed by atoms with E-state index in [2.05, 4.69) is 15.5 Å². The zero-order chi connectivity index (χ0) is 21.8. The molecule has 3 aromatic carbocycles. The molecule has 0 saturated carbocycles. The van der Waals surface area contributed by atoms with Crippen LogP contribution in [0.5, 0.6) is 0 Å². The van der Waals surface area contributed by atoms with E-state index in [9.17, 15) is 9.18 Å². The molecule has 4 nitrogen and oxygen atoms in total. The summed E-state index contributed by atoms with van der Waals surface area (Å²) in [5.41, 5.74) is 2.67. The number of nitrogens with one attached hydrogen (secondary N) is 1. The number of amides is 1. The second kappa shape index (κ2) is 9.27. The monoisotopic (exact) mass is 431 g/mol. The fourth-order valence-corrected chi connectivity index (χ4v) is 4.26. The molecule has 4 rings (SSSR count). The maximum atomic E-state index is 13.1. The van der Waals surface area contributed by atoms with Gasteiger partial charge >= 0.3 is 0 Å². The Hall–Kier alpha value is -3.25. The standard InChI is InChI=1S/C25H22FN3OS/c1-16(18-12-14-20(26)15-13-18)27-24(30)17(2)31-25-22-11-7-6-10-21(22)23(28-29-25)19-8-4-3-5-9-19/h3-17H,1-2H3,(H,27,30)/t16-,17-/m1/s1. The molecule has 0 saturated heterocycles. The fraction of sp³-hybridized carbons (Fsp3) is 0.160. The maximum Gasteiger partial charge on any atom is 0.233 e. The Balaban J connectivity index is 1.54. The van der Waals surface area contributed by atoms with Crippen LogP contribution in [0.15, 0.2) is 83.9 Å². The number of thioether (sulfide) groups is 1. The van der Waals surface area contributed by atoms with Crippen LogP contribution in [-0.2, 0) is 4.79 Å². The number of fused-ring (bicyclic) bond motifs is 1. The fourth-order valence-electron chi connectivity index (χ4n) is 3.36. The molecule has 31 heavy (non-hydrogen) atoms. The molecule has 0 aliphatic heterocycles. The first-order valence-electron chi connectivity index (χ1n) is 10.1. The molecular weight excluding hydrogens is 409 g/mol. The zero-order valence-electron chi connectivity index (χ0n) is 17.2. The van der Waals surface area contributed by atoms with Gasteiger partial charge in [-0.15, -0.1) is 10.2 Å². The highest BCUT2D eigenvalue weighted by molar-refractivity contribution is 8.00. The van der Waals surface area contributed by atoms with E-state index in [0.29, 0.717) is 5.03 Å². The first kappa shape index (κ1) is 21.0. The molecule has 0 spiro atoms. The van der Waals surface area contributed by atoms with Crippen molar-refractivity contribution in [3.63, 3.8) is 0 Å². The average Bonchev–Trinajstić information content (AvgIpc) is 2.80. The van der Waals surface area contributed by atoms with E-state index in [4.69, 9.17) is 0 Å². The second-order valence-corrected chi connectivity index (χ2v) is 8.64. The van der Waals surface area contributed by atoms with Gasteiger partial charge in [-0.05, 0) is 31.5 Å². The van der Waals surface area contributed by atoms with Crippen LogP contribution in [0.4, 0.5) is 4.39 Å².